The summed E-state index contributed by atoms with van der Waals surface area (Å²) < 4.78 is 1.65. The lowest BCUT2D eigenvalue weighted by molar-refractivity contribution is 0.192. The topological polar surface area (TPSA) is 67.2 Å². The molecule has 1 unspecified atom stereocenters. The van der Waals surface area contributed by atoms with E-state index in [0.29, 0.717) is 10.2 Å². The van der Waals surface area contributed by atoms with Crippen molar-refractivity contribution in [3.63, 3.8) is 0 Å². The Labute approximate surface area is 141 Å². The molecule has 3 aromatic rings. The van der Waals surface area contributed by atoms with Gasteiger partial charge in [-0.15, -0.1) is 0 Å². The molecule has 0 aliphatic carbocycles. The van der Waals surface area contributed by atoms with E-state index in [1.165, 1.54) is 4.68 Å². The number of anilines is 1. The molecule has 3 rings (SSSR count). The summed E-state index contributed by atoms with van der Waals surface area (Å²) in [5.74, 6) is 0. The predicted octanol–water partition coefficient (Wildman–Crippen LogP) is 2.84. The first-order chi connectivity index (χ1) is 11.1. The summed E-state index contributed by atoms with van der Waals surface area (Å²) in [7, 11) is 1.58. The van der Waals surface area contributed by atoms with Crippen LogP contribution in [0.15, 0.2) is 57.9 Å². The van der Waals surface area contributed by atoms with Crippen LogP contribution in [0.2, 0.25) is 0 Å². The second-order valence-electron chi connectivity index (χ2n) is 5.30. The summed E-state index contributed by atoms with van der Waals surface area (Å²) in [6.07, 6.45) is 0.869. The average molecular weight is 374 g/mol. The van der Waals surface area contributed by atoms with Crippen molar-refractivity contribution in [2.45, 2.75) is 6.10 Å². The first-order valence-corrected chi connectivity index (χ1v) is 7.98. The molecule has 0 spiro atoms. The molecule has 6 heteroatoms. The van der Waals surface area contributed by atoms with Gasteiger partial charge in [-0.2, -0.15) is 5.10 Å². The summed E-state index contributed by atoms with van der Waals surface area (Å²) in [6, 6.07) is 13.9. The molecular weight excluding hydrogens is 358 g/mol. The van der Waals surface area contributed by atoms with Gasteiger partial charge in [0.05, 0.1) is 18.0 Å². The molecule has 0 fully saturated rings. The van der Waals surface area contributed by atoms with Crippen molar-refractivity contribution in [1.82, 2.24) is 9.78 Å². The van der Waals surface area contributed by atoms with Gasteiger partial charge < -0.3 is 10.4 Å². The van der Waals surface area contributed by atoms with E-state index < -0.39 is 6.10 Å². The first-order valence-electron chi connectivity index (χ1n) is 7.18. The van der Waals surface area contributed by atoms with Crippen molar-refractivity contribution in [2.75, 3.05) is 11.9 Å². The van der Waals surface area contributed by atoms with E-state index in [0.717, 1.165) is 16.3 Å². The van der Waals surface area contributed by atoms with Gasteiger partial charge in [-0.05, 0) is 38.3 Å². The molecular formula is C17H16BrN3O2. The zero-order chi connectivity index (χ0) is 16.4. The fraction of sp³-hybridized carbons (Fsp3) is 0.176. The van der Waals surface area contributed by atoms with Gasteiger partial charge in [0.25, 0.3) is 5.56 Å². The van der Waals surface area contributed by atoms with E-state index >= 15 is 0 Å². The molecule has 0 saturated heterocycles. The average Bonchev–Trinajstić information content (AvgIpc) is 2.58. The number of halogens is 1. The van der Waals surface area contributed by atoms with Gasteiger partial charge in [-0.1, -0.05) is 36.4 Å². The lowest BCUT2D eigenvalue weighted by atomic mass is 10.0. The van der Waals surface area contributed by atoms with Gasteiger partial charge >= 0.3 is 0 Å². The zero-order valence-electron chi connectivity index (χ0n) is 12.5. The van der Waals surface area contributed by atoms with E-state index in [4.69, 9.17) is 0 Å². The molecule has 1 aromatic heterocycles. The van der Waals surface area contributed by atoms with Crippen LogP contribution in [0.3, 0.4) is 0 Å². The molecule has 1 atom stereocenters. The first kappa shape index (κ1) is 15.7. The van der Waals surface area contributed by atoms with Crippen molar-refractivity contribution in [2.24, 2.45) is 7.05 Å². The summed E-state index contributed by atoms with van der Waals surface area (Å²) in [4.78, 5) is 11.8. The fourth-order valence-corrected chi connectivity index (χ4v) is 2.87. The van der Waals surface area contributed by atoms with Crippen LogP contribution in [0.25, 0.3) is 10.8 Å². The maximum absolute atomic E-state index is 11.8. The number of nitrogens with one attached hydrogen (secondary N) is 1. The summed E-state index contributed by atoms with van der Waals surface area (Å²) in [6.45, 7) is 0.284. The normalized spacial score (nSPS) is 12.3. The third kappa shape index (κ3) is 3.28. The number of aromatic nitrogens is 2. The molecule has 1 heterocycles. The van der Waals surface area contributed by atoms with Crippen LogP contribution in [0, 0.1) is 0 Å². The van der Waals surface area contributed by atoms with Crippen molar-refractivity contribution < 1.29 is 5.11 Å². The van der Waals surface area contributed by atoms with Crippen molar-refractivity contribution >= 4 is 32.4 Å². The number of rotatable bonds is 4. The van der Waals surface area contributed by atoms with Crippen LogP contribution in [-0.4, -0.2) is 21.4 Å². The number of nitrogens with zero attached hydrogens (tertiary/aromatic N) is 2. The molecule has 118 valence electrons. The highest BCUT2D eigenvalue weighted by atomic mass is 79.9. The summed E-state index contributed by atoms with van der Waals surface area (Å²) in [5.41, 5.74) is 1.16. The van der Waals surface area contributed by atoms with E-state index in [1.807, 2.05) is 42.5 Å². The van der Waals surface area contributed by atoms with Gasteiger partial charge in [-0.3, -0.25) is 4.79 Å². The highest BCUT2D eigenvalue weighted by molar-refractivity contribution is 9.10. The Morgan fingerprint density at radius 2 is 2.00 bits per heavy atom. The number of aliphatic hydroxyl groups is 1. The largest absolute Gasteiger partial charge is 0.387 e. The molecule has 0 aliphatic rings. The Kier molecular flexibility index (Phi) is 4.45. The number of fused-ring (bicyclic) bond motifs is 1. The Bertz CT molecular complexity index is 908. The molecule has 0 amide bonds. The van der Waals surface area contributed by atoms with Gasteiger partial charge in [0.2, 0.25) is 0 Å². The predicted molar refractivity (Wildman–Crippen MR) is 94.6 cm³/mol. The third-order valence-electron chi connectivity index (χ3n) is 3.72. The van der Waals surface area contributed by atoms with Crippen LogP contribution in [0.5, 0.6) is 0 Å². The van der Waals surface area contributed by atoms with E-state index in [2.05, 4.69) is 26.3 Å². The van der Waals surface area contributed by atoms with E-state index in [1.54, 1.807) is 13.2 Å². The summed E-state index contributed by atoms with van der Waals surface area (Å²) in [5, 5.41) is 19.6. The standard InChI is InChI=1S/C17H16BrN3O2/c1-21-17(23)16(18)14(9-20-21)19-10-15(22)13-7-6-11-4-2-3-5-12(11)8-13/h2-9,15,19,22H,10H2,1H3. The monoisotopic (exact) mass is 373 g/mol. The molecule has 0 aliphatic heterocycles. The SMILES string of the molecule is Cn1ncc(NCC(O)c2ccc3ccccc3c2)c(Br)c1=O. The Hall–Kier alpha value is -2.18. The van der Waals surface area contributed by atoms with Crippen LogP contribution in [0.4, 0.5) is 5.69 Å². The number of aryl methyl sites for hydroxylation is 1. The highest BCUT2D eigenvalue weighted by Gasteiger charge is 2.11. The van der Waals surface area contributed by atoms with Gasteiger partial charge in [0.1, 0.15) is 4.47 Å². The van der Waals surface area contributed by atoms with Gasteiger partial charge in [-0.25, -0.2) is 4.68 Å². The quantitative estimate of drug-likeness (QED) is 0.737. The van der Waals surface area contributed by atoms with Crippen molar-refractivity contribution in [1.29, 1.82) is 0 Å². The molecule has 0 bridgehead atoms. The van der Waals surface area contributed by atoms with Crippen LogP contribution < -0.4 is 10.9 Å². The van der Waals surface area contributed by atoms with Gasteiger partial charge in [0, 0.05) is 13.6 Å². The third-order valence-corrected chi connectivity index (χ3v) is 4.49. The van der Waals surface area contributed by atoms with Crippen LogP contribution in [-0.2, 0) is 7.05 Å². The van der Waals surface area contributed by atoms with Crippen LogP contribution >= 0.6 is 15.9 Å². The molecule has 23 heavy (non-hydrogen) atoms. The summed E-state index contributed by atoms with van der Waals surface area (Å²) >= 11 is 3.25. The highest BCUT2D eigenvalue weighted by Crippen LogP contribution is 2.22. The Balaban J connectivity index is 1.77. The minimum atomic E-state index is -0.685. The maximum Gasteiger partial charge on any atom is 0.282 e. The number of benzene rings is 2. The number of hydrogen-bond donors (Lipinski definition) is 2. The van der Waals surface area contributed by atoms with E-state index in [9.17, 15) is 9.90 Å². The lowest BCUT2D eigenvalue weighted by Gasteiger charge is -2.14. The fourth-order valence-electron chi connectivity index (χ4n) is 2.37. The minimum Gasteiger partial charge on any atom is -0.387 e. The zero-order valence-corrected chi connectivity index (χ0v) is 14.1. The maximum atomic E-state index is 11.8. The molecule has 2 aromatic carbocycles. The van der Waals surface area contributed by atoms with Crippen molar-refractivity contribution in [3.05, 3.63) is 69.1 Å². The molecule has 2 N–H and O–H groups in total. The molecule has 0 radical (unpaired) electrons. The second kappa shape index (κ2) is 6.52. The number of aliphatic hydroxyl groups excluding tert-OH is 1. The number of hydrogen-bond acceptors (Lipinski definition) is 4. The Morgan fingerprint density at radius 1 is 1.26 bits per heavy atom. The molecule has 5 nitrogen and oxygen atoms in total. The van der Waals surface area contributed by atoms with Crippen molar-refractivity contribution in [3.8, 4) is 0 Å². The van der Waals surface area contributed by atoms with Crippen LogP contribution in [0.1, 0.15) is 11.7 Å². The smallest absolute Gasteiger partial charge is 0.282 e. The second-order valence-corrected chi connectivity index (χ2v) is 6.10. The van der Waals surface area contributed by atoms with E-state index in [-0.39, 0.29) is 12.1 Å². The Morgan fingerprint density at radius 3 is 2.78 bits per heavy atom. The minimum absolute atomic E-state index is 0.227. The van der Waals surface area contributed by atoms with Gasteiger partial charge in [0.15, 0.2) is 0 Å². The lowest BCUT2D eigenvalue weighted by Crippen LogP contribution is -2.22. The molecule has 0 saturated carbocycles.